The summed E-state index contributed by atoms with van der Waals surface area (Å²) < 4.78 is 5.84. The van der Waals surface area contributed by atoms with Crippen LogP contribution in [-0.2, 0) is 10.3 Å². The van der Waals surface area contributed by atoms with Crippen LogP contribution in [0.15, 0.2) is 30.3 Å². The van der Waals surface area contributed by atoms with Crippen molar-refractivity contribution in [1.29, 1.82) is 0 Å². The fraction of sp³-hybridized carbons (Fsp3) is 0.571. The molecule has 0 unspecified atom stereocenters. The van der Waals surface area contributed by atoms with Gasteiger partial charge in [0.1, 0.15) is 5.60 Å². The molecular weight excluding hydrogens is 198 g/mol. The Hall–Kier alpha value is -0.860. The number of likely N-dealkylation sites (tertiary alicyclic amines) is 1. The summed E-state index contributed by atoms with van der Waals surface area (Å²) in [4.78, 5) is 2.41. The van der Waals surface area contributed by atoms with Crippen LogP contribution in [0.3, 0.4) is 0 Å². The highest BCUT2D eigenvalue weighted by molar-refractivity contribution is 5.24. The van der Waals surface area contributed by atoms with Crippen LogP contribution in [0.4, 0.5) is 0 Å². The zero-order valence-corrected chi connectivity index (χ0v) is 10.4. The summed E-state index contributed by atoms with van der Waals surface area (Å²) in [7, 11) is 4.01. The first kappa shape index (κ1) is 11.6. The van der Waals surface area contributed by atoms with E-state index in [1.54, 1.807) is 0 Å². The van der Waals surface area contributed by atoms with Crippen LogP contribution in [0.5, 0.6) is 0 Å². The van der Waals surface area contributed by atoms with E-state index in [-0.39, 0.29) is 5.60 Å². The van der Waals surface area contributed by atoms with Crippen molar-refractivity contribution in [3.63, 3.8) is 0 Å². The molecule has 0 radical (unpaired) electrons. The van der Waals surface area contributed by atoms with Crippen molar-refractivity contribution in [3.8, 4) is 0 Å². The average Bonchev–Trinajstić information content (AvgIpc) is 2.76. The number of nitrogens with zero attached hydrogens (tertiary/aromatic N) is 1. The normalized spacial score (nSPS) is 25.6. The fourth-order valence-corrected chi connectivity index (χ4v) is 2.82. The lowest BCUT2D eigenvalue weighted by atomic mass is 9.86. The van der Waals surface area contributed by atoms with Gasteiger partial charge in [0.25, 0.3) is 0 Å². The van der Waals surface area contributed by atoms with Gasteiger partial charge in [-0.1, -0.05) is 30.3 Å². The van der Waals surface area contributed by atoms with Gasteiger partial charge in [-0.2, -0.15) is 0 Å². The van der Waals surface area contributed by atoms with E-state index in [4.69, 9.17) is 4.74 Å². The van der Waals surface area contributed by atoms with E-state index >= 15 is 0 Å². The standard InChI is InChI=1S/C14H21NO/c1-14(16-3,12-8-5-4-6-9-12)13-10-7-11-15(13)2/h4-6,8-9,13H,7,10-11H2,1-3H3/t13-,14+/m1/s1. The molecule has 1 aliphatic heterocycles. The molecule has 1 saturated heterocycles. The molecule has 16 heavy (non-hydrogen) atoms. The molecule has 0 aromatic heterocycles. The third kappa shape index (κ3) is 1.87. The quantitative estimate of drug-likeness (QED) is 0.775. The molecule has 0 N–H and O–H groups in total. The van der Waals surface area contributed by atoms with E-state index < -0.39 is 0 Å². The smallest absolute Gasteiger partial charge is 0.105 e. The van der Waals surface area contributed by atoms with Crippen LogP contribution in [0, 0.1) is 0 Å². The zero-order valence-electron chi connectivity index (χ0n) is 10.4. The summed E-state index contributed by atoms with van der Waals surface area (Å²) >= 11 is 0. The molecule has 0 aliphatic carbocycles. The number of ether oxygens (including phenoxy) is 1. The van der Waals surface area contributed by atoms with Crippen molar-refractivity contribution in [2.24, 2.45) is 0 Å². The van der Waals surface area contributed by atoms with Crippen molar-refractivity contribution >= 4 is 0 Å². The Morgan fingerprint density at radius 1 is 1.31 bits per heavy atom. The van der Waals surface area contributed by atoms with E-state index in [9.17, 15) is 0 Å². The van der Waals surface area contributed by atoms with Gasteiger partial charge in [0, 0.05) is 13.2 Å². The first-order valence-electron chi connectivity index (χ1n) is 5.99. The van der Waals surface area contributed by atoms with E-state index in [1.165, 1.54) is 24.9 Å². The van der Waals surface area contributed by atoms with Crippen molar-refractivity contribution in [2.45, 2.75) is 31.4 Å². The summed E-state index contributed by atoms with van der Waals surface area (Å²) in [6.07, 6.45) is 2.49. The largest absolute Gasteiger partial charge is 0.372 e. The molecule has 0 amide bonds. The highest BCUT2D eigenvalue weighted by atomic mass is 16.5. The molecule has 1 fully saturated rings. The molecule has 0 saturated carbocycles. The lowest BCUT2D eigenvalue weighted by molar-refractivity contribution is -0.0542. The van der Waals surface area contributed by atoms with Gasteiger partial charge in [0.2, 0.25) is 0 Å². The monoisotopic (exact) mass is 219 g/mol. The van der Waals surface area contributed by atoms with Gasteiger partial charge in [0.05, 0.1) is 0 Å². The van der Waals surface area contributed by atoms with Crippen LogP contribution >= 0.6 is 0 Å². The predicted molar refractivity (Wildman–Crippen MR) is 66.5 cm³/mol. The molecular formula is C14H21NO. The van der Waals surface area contributed by atoms with Gasteiger partial charge < -0.3 is 9.64 Å². The molecule has 1 aromatic rings. The van der Waals surface area contributed by atoms with Gasteiger partial charge in [-0.05, 0) is 38.9 Å². The van der Waals surface area contributed by atoms with Gasteiger partial charge in [-0.25, -0.2) is 0 Å². The second kappa shape index (κ2) is 4.56. The summed E-state index contributed by atoms with van der Waals surface area (Å²) in [5, 5.41) is 0. The van der Waals surface area contributed by atoms with E-state index in [0.717, 1.165) is 0 Å². The van der Waals surface area contributed by atoms with Crippen LogP contribution in [-0.4, -0.2) is 31.6 Å². The maximum atomic E-state index is 5.84. The Kier molecular flexibility index (Phi) is 3.31. The number of rotatable bonds is 3. The van der Waals surface area contributed by atoms with Gasteiger partial charge in [-0.15, -0.1) is 0 Å². The average molecular weight is 219 g/mol. The SMILES string of the molecule is CO[C@@](C)(c1ccccc1)[C@H]1CCCN1C. The van der Waals surface area contributed by atoms with E-state index in [2.05, 4.69) is 49.2 Å². The minimum absolute atomic E-state index is 0.188. The maximum absolute atomic E-state index is 5.84. The fourth-order valence-electron chi connectivity index (χ4n) is 2.82. The molecule has 1 aromatic carbocycles. The van der Waals surface area contributed by atoms with Crippen LogP contribution in [0.2, 0.25) is 0 Å². The maximum Gasteiger partial charge on any atom is 0.105 e. The summed E-state index contributed by atoms with van der Waals surface area (Å²) in [6.45, 7) is 3.38. The van der Waals surface area contributed by atoms with Crippen molar-refractivity contribution in [3.05, 3.63) is 35.9 Å². The molecule has 1 aliphatic rings. The topological polar surface area (TPSA) is 12.5 Å². The van der Waals surface area contributed by atoms with E-state index in [0.29, 0.717) is 6.04 Å². The van der Waals surface area contributed by atoms with Crippen LogP contribution in [0.25, 0.3) is 0 Å². The molecule has 0 bridgehead atoms. The van der Waals surface area contributed by atoms with Crippen molar-refractivity contribution in [1.82, 2.24) is 4.90 Å². The molecule has 2 rings (SSSR count). The molecule has 2 atom stereocenters. The first-order chi connectivity index (χ1) is 7.68. The minimum atomic E-state index is -0.188. The molecule has 0 spiro atoms. The Labute approximate surface area is 98.2 Å². The lowest BCUT2D eigenvalue weighted by Gasteiger charge is -2.38. The molecule has 2 heteroatoms. The zero-order chi connectivity index (χ0) is 11.6. The van der Waals surface area contributed by atoms with Crippen molar-refractivity contribution < 1.29 is 4.74 Å². The summed E-state index contributed by atoms with van der Waals surface area (Å²) in [6, 6.07) is 11.0. The van der Waals surface area contributed by atoms with Crippen LogP contribution < -0.4 is 0 Å². The molecule has 2 nitrogen and oxygen atoms in total. The second-order valence-electron chi connectivity index (χ2n) is 4.82. The summed E-state index contributed by atoms with van der Waals surface area (Å²) in [5.74, 6) is 0. The number of benzene rings is 1. The number of likely N-dealkylation sites (N-methyl/N-ethyl adjacent to an activating group) is 1. The molecule has 1 heterocycles. The minimum Gasteiger partial charge on any atom is -0.372 e. The Morgan fingerprint density at radius 3 is 2.50 bits per heavy atom. The third-order valence-electron chi connectivity index (χ3n) is 3.93. The van der Waals surface area contributed by atoms with Crippen LogP contribution in [0.1, 0.15) is 25.3 Å². The van der Waals surface area contributed by atoms with Crippen molar-refractivity contribution in [2.75, 3.05) is 20.7 Å². The number of hydrogen-bond acceptors (Lipinski definition) is 2. The summed E-state index contributed by atoms with van der Waals surface area (Å²) in [5.41, 5.74) is 1.09. The van der Waals surface area contributed by atoms with Gasteiger partial charge in [-0.3, -0.25) is 0 Å². The predicted octanol–water partition coefficient (Wildman–Crippen LogP) is 2.64. The third-order valence-corrected chi connectivity index (χ3v) is 3.93. The number of hydrogen-bond donors (Lipinski definition) is 0. The Balaban J connectivity index is 2.32. The second-order valence-corrected chi connectivity index (χ2v) is 4.82. The van der Waals surface area contributed by atoms with Gasteiger partial charge >= 0.3 is 0 Å². The lowest BCUT2D eigenvalue weighted by Crippen LogP contribution is -2.45. The Morgan fingerprint density at radius 2 is 2.00 bits per heavy atom. The number of methoxy groups -OCH3 is 1. The van der Waals surface area contributed by atoms with E-state index in [1.807, 2.05) is 7.11 Å². The van der Waals surface area contributed by atoms with Gasteiger partial charge in [0.15, 0.2) is 0 Å². The highest BCUT2D eigenvalue weighted by Gasteiger charge is 2.40. The Bertz CT molecular complexity index is 338. The highest BCUT2D eigenvalue weighted by Crippen LogP contribution is 2.36. The molecule has 88 valence electrons. The first-order valence-corrected chi connectivity index (χ1v) is 5.99.